The lowest BCUT2D eigenvalue weighted by Crippen LogP contribution is -2.23. The first-order valence-electron chi connectivity index (χ1n) is 6.60. The molecule has 0 aliphatic carbocycles. The number of nitrogens with one attached hydrogen (secondary N) is 1. The molecule has 2 heterocycles. The summed E-state index contributed by atoms with van der Waals surface area (Å²) in [5.41, 5.74) is 0.967. The van der Waals surface area contributed by atoms with Crippen LogP contribution in [0.2, 0.25) is 0 Å². The van der Waals surface area contributed by atoms with Crippen LogP contribution < -0.4 is 10.2 Å². The van der Waals surface area contributed by atoms with E-state index < -0.39 is 0 Å². The molecular weight excluding hydrogens is 230 g/mol. The fourth-order valence-corrected chi connectivity index (χ4v) is 2.21. The first kappa shape index (κ1) is 13.4. The minimum atomic E-state index is 0.461. The third-order valence-electron chi connectivity index (χ3n) is 3.19. The zero-order chi connectivity index (χ0) is 13.0. The van der Waals surface area contributed by atoms with Crippen LogP contribution >= 0.6 is 0 Å². The van der Waals surface area contributed by atoms with Crippen molar-refractivity contribution in [2.75, 3.05) is 31.7 Å². The van der Waals surface area contributed by atoms with E-state index >= 15 is 0 Å². The van der Waals surface area contributed by atoms with E-state index in [1.165, 1.54) is 0 Å². The Morgan fingerprint density at radius 2 is 2.44 bits per heavy atom. The van der Waals surface area contributed by atoms with Crippen LogP contribution in [0, 0.1) is 5.92 Å². The lowest BCUT2D eigenvalue weighted by molar-refractivity contribution is 0.160. The molecule has 18 heavy (non-hydrogen) atoms. The first-order valence-corrected chi connectivity index (χ1v) is 6.60. The Morgan fingerprint density at radius 1 is 1.61 bits per heavy atom. The molecule has 1 saturated heterocycles. The number of ether oxygens (including phenoxy) is 1. The van der Waals surface area contributed by atoms with Gasteiger partial charge in [-0.25, -0.2) is 0 Å². The summed E-state index contributed by atoms with van der Waals surface area (Å²) in [5.74, 6) is 0.596. The summed E-state index contributed by atoms with van der Waals surface area (Å²) in [7, 11) is 1.75. The van der Waals surface area contributed by atoms with Crippen molar-refractivity contribution in [1.82, 2.24) is 10.3 Å². The van der Waals surface area contributed by atoms with Crippen molar-refractivity contribution in [3.63, 3.8) is 0 Å². The van der Waals surface area contributed by atoms with Gasteiger partial charge in [0.15, 0.2) is 0 Å². The molecule has 0 radical (unpaired) electrons. The van der Waals surface area contributed by atoms with Crippen molar-refractivity contribution in [2.45, 2.75) is 32.9 Å². The Bertz CT molecular complexity index is 365. The highest BCUT2D eigenvalue weighted by Crippen LogP contribution is 2.23. The van der Waals surface area contributed by atoms with E-state index in [4.69, 9.17) is 9.15 Å². The average molecular weight is 253 g/mol. The van der Waals surface area contributed by atoms with E-state index in [0.29, 0.717) is 12.0 Å². The largest absolute Gasteiger partial charge is 0.432 e. The van der Waals surface area contributed by atoms with E-state index in [0.717, 1.165) is 44.4 Å². The molecule has 1 aromatic rings. The van der Waals surface area contributed by atoms with Crippen molar-refractivity contribution >= 4 is 6.01 Å². The smallest absolute Gasteiger partial charge is 0.297 e. The molecule has 0 saturated carbocycles. The maximum absolute atomic E-state index is 5.54. The summed E-state index contributed by atoms with van der Waals surface area (Å²) >= 11 is 0. The maximum Gasteiger partial charge on any atom is 0.297 e. The molecule has 1 N–H and O–H groups in total. The maximum atomic E-state index is 5.54. The van der Waals surface area contributed by atoms with Crippen molar-refractivity contribution in [3.8, 4) is 0 Å². The Hall–Kier alpha value is -1.07. The summed E-state index contributed by atoms with van der Waals surface area (Å²) in [6, 6.07) is 1.21. The molecule has 2 rings (SSSR count). The lowest BCUT2D eigenvalue weighted by atomic mass is 10.1. The molecule has 5 heteroatoms. The molecule has 0 spiro atoms. The van der Waals surface area contributed by atoms with Crippen LogP contribution in [-0.4, -0.2) is 37.8 Å². The summed E-state index contributed by atoms with van der Waals surface area (Å²) in [6.07, 6.45) is 2.89. The Labute approximate surface area is 109 Å². The summed E-state index contributed by atoms with van der Waals surface area (Å²) < 4.78 is 10.7. The number of rotatable bonds is 6. The highest BCUT2D eigenvalue weighted by molar-refractivity contribution is 5.29. The molecule has 1 unspecified atom stereocenters. The molecule has 0 aromatic carbocycles. The zero-order valence-electron chi connectivity index (χ0n) is 11.5. The van der Waals surface area contributed by atoms with Gasteiger partial charge in [-0.05, 0) is 6.42 Å². The minimum Gasteiger partial charge on any atom is -0.432 e. The molecule has 102 valence electrons. The molecule has 1 aromatic heterocycles. The predicted octanol–water partition coefficient (Wildman–Crippen LogP) is 1.65. The van der Waals surface area contributed by atoms with E-state index in [2.05, 4.69) is 29.0 Å². The summed E-state index contributed by atoms with van der Waals surface area (Å²) in [6.45, 7) is 7.81. The van der Waals surface area contributed by atoms with Gasteiger partial charge >= 0.3 is 0 Å². The Morgan fingerprint density at radius 3 is 3.17 bits per heavy atom. The fraction of sp³-hybridized carbons (Fsp3) is 0.769. The van der Waals surface area contributed by atoms with Gasteiger partial charge in [-0.15, -0.1) is 0 Å². The molecule has 5 nitrogen and oxygen atoms in total. The summed E-state index contributed by atoms with van der Waals surface area (Å²) in [5, 5.41) is 3.33. The van der Waals surface area contributed by atoms with Crippen LogP contribution in [0.15, 0.2) is 10.7 Å². The zero-order valence-corrected chi connectivity index (χ0v) is 11.5. The van der Waals surface area contributed by atoms with Crippen LogP contribution in [0.5, 0.6) is 0 Å². The fourth-order valence-electron chi connectivity index (χ4n) is 2.21. The van der Waals surface area contributed by atoms with Gasteiger partial charge in [-0.2, -0.15) is 4.98 Å². The number of hydrogen-bond donors (Lipinski definition) is 1. The third kappa shape index (κ3) is 3.46. The first-order chi connectivity index (χ1) is 8.69. The Balaban J connectivity index is 1.86. The van der Waals surface area contributed by atoms with Crippen molar-refractivity contribution in [1.29, 1.82) is 0 Å². The van der Waals surface area contributed by atoms with E-state index in [-0.39, 0.29) is 0 Å². The van der Waals surface area contributed by atoms with Crippen molar-refractivity contribution in [2.24, 2.45) is 5.92 Å². The second-order valence-corrected chi connectivity index (χ2v) is 5.21. The van der Waals surface area contributed by atoms with Crippen LogP contribution in [0.1, 0.15) is 26.0 Å². The van der Waals surface area contributed by atoms with Gasteiger partial charge in [0.2, 0.25) is 0 Å². The highest BCUT2D eigenvalue weighted by atomic mass is 16.5. The van der Waals surface area contributed by atoms with Gasteiger partial charge < -0.3 is 19.4 Å². The third-order valence-corrected chi connectivity index (χ3v) is 3.19. The normalized spacial score (nSPS) is 20.0. The van der Waals surface area contributed by atoms with Crippen molar-refractivity contribution < 1.29 is 9.15 Å². The molecule has 1 aliphatic rings. The number of methoxy groups -OCH3 is 1. The number of oxazole rings is 1. The van der Waals surface area contributed by atoms with Crippen LogP contribution in [0.3, 0.4) is 0 Å². The lowest BCUT2D eigenvalue weighted by Gasteiger charge is -2.13. The number of nitrogens with zero attached hydrogens (tertiary/aromatic N) is 2. The topological polar surface area (TPSA) is 50.5 Å². The quantitative estimate of drug-likeness (QED) is 0.835. The van der Waals surface area contributed by atoms with Crippen LogP contribution in [0.4, 0.5) is 6.01 Å². The van der Waals surface area contributed by atoms with Gasteiger partial charge in [-0.3, -0.25) is 0 Å². The molecule has 1 fully saturated rings. The molecule has 1 aliphatic heterocycles. The number of hydrogen-bond acceptors (Lipinski definition) is 5. The van der Waals surface area contributed by atoms with E-state index in [9.17, 15) is 0 Å². The molecule has 0 bridgehead atoms. The number of anilines is 1. The van der Waals surface area contributed by atoms with Gasteiger partial charge in [0, 0.05) is 38.7 Å². The second-order valence-electron chi connectivity index (χ2n) is 5.21. The second kappa shape index (κ2) is 6.20. The van der Waals surface area contributed by atoms with E-state index in [1.807, 2.05) is 0 Å². The monoisotopic (exact) mass is 253 g/mol. The minimum absolute atomic E-state index is 0.461. The molecule has 0 amide bonds. The average Bonchev–Trinajstić information content (AvgIpc) is 2.94. The Kier molecular flexibility index (Phi) is 4.60. The van der Waals surface area contributed by atoms with Crippen molar-refractivity contribution in [3.05, 3.63) is 12.0 Å². The molecular formula is C13H23N3O2. The summed E-state index contributed by atoms with van der Waals surface area (Å²) in [4.78, 5) is 6.71. The van der Waals surface area contributed by atoms with Gasteiger partial charge in [0.05, 0.1) is 12.3 Å². The standard InChI is InChI=1S/C13H23N3O2/c1-10(2)14-6-12-9-18-13(15-12)16-5-4-11(7-16)8-17-3/h9-11,14H,4-8H2,1-3H3. The van der Waals surface area contributed by atoms with Crippen LogP contribution in [0.25, 0.3) is 0 Å². The van der Waals surface area contributed by atoms with Gasteiger partial charge in [0.25, 0.3) is 6.01 Å². The molecule has 1 atom stereocenters. The predicted molar refractivity (Wildman–Crippen MR) is 70.7 cm³/mol. The van der Waals surface area contributed by atoms with Crippen LogP contribution in [-0.2, 0) is 11.3 Å². The SMILES string of the molecule is COCC1CCN(c2nc(CNC(C)C)co2)C1. The number of aromatic nitrogens is 1. The van der Waals surface area contributed by atoms with E-state index in [1.54, 1.807) is 13.4 Å². The van der Waals surface area contributed by atoms with Gasteiger partial charge in [0.1, 0.15) is 6.26 Å². The van der Waals surface area contributed by atoms with Gasteiger partial charge in [-0.1, -0.05) is 13.8 Å². The highest BCUT2D eigenvalue weighted by Gasteiger charge is 2.25.